The molecule has 0 amide bonds. The molecule has 8 heteroatoms. The Morgan fingerprint density at radius 2 is 2.05 bits per heavy atom. The van der Waals surface area contributed by atoms with Gasteiger partial charge in [-0.05, 0) is 24.3 Å². The lowest BCUT2D eigenvalue weighted by atomic mass is 10.3. The summed E-state index contributed by atoms with van der Waals surface area (Å²) in [6.07, 6.45) is 1.32. The van der Waals surface area contributed by atoms with Gasteiger partial charge in [0.2, 0.25) is 0 Å². The minimum atomic E-state index is -3.81. The van der Waals surface area contributed by atoms with Crippen molar-refractivity contribution in [2.24, 2.45) is 5.84 Å². The number of sulfonamides is 1. The number of nitrogens with zero attached hydrogens (tertiary/aromatic N) is 2. The van der Waals surface area contributed by atoms with Crippen LogP contribution in [0.3, 0.4) is 0 Å². The lowest BCUT2D eigenvalue weighted by molar-refractivity contribution is 0.594. The summed E-state index contributed by atoms with van der Waals surface area (Å²) in [5.41, 5.74) is 2.50. The number of benzene rings is 1. The number of aromatic nitrogens is 1. The molecule has 0 saturated heterocycles. The van der Waals surface area contributed by atoms with Crippen molar-refractivity contribution in [3.05, 3.63) is 48.4 Å². The number of halogens is 1. The molecule has 0 radical (unpaired) electrons. The van der Waals surface area contributed by atoms with Crippen LogP contribution in [0.1, 0.15) is 0 Å². The van der Waals surface area contributed by atoms with Crippen LogP contribution in [0.2, 0.25) is 0 Å². The van der Waals surface area contributed by atoms with Gasteiger partial charge in [0.05, 0.1) is 10.6 Å². The van der Waals surface area contributed by atoms with Gasteiger partial charge in [-0.1, -0.05) is 6.07 Å². The number of rotatable bonds is 4. The van der Waals surface area contributed by atoms with Gasteiger partial charge in [-0.2, -0.15) is 0 Å². The Balaban J connectivity index is 2.43. The zero-order chi connectivity index (χ0) is 14.8. The van der Waals surface area contributed by atoms with Gasteiger partial charge < -0.3 is 5.43 Å². The van der Waals surface area contributed by atoms with Crippen LogP contribution < -0.4 is 15.6 Å². The molecular weight excluding hydrogens is 283 g/mol. The van der Waals surface area contributed by atoms with E-state index in [1.54, 1.807) is 0 Å². The second-order valence-electron chi connectivity index (χ2n) is 3.97. The number of hydrogen-bond donors (Lipinski definition) is 2. The molecule has 2 rings (SSSR count). The predicted octanol–water partition coefficient (Wildman–Crippen LogP) is 1.33. The Hall–Kier alpha value is -2.19. The minimum Gasteiger partial charge on any atom is -0.308 e. The molecule has 0 fully saturated rings. The number of nitrogen functional groups attached to an aromatic ring is 1. The van der Waals surface area contributed by atoms with Crippen LogP contribution in [0.5, 0.6) is 0 Å². The van der Waals surface area contributed by atoms with E-state index in [9.17, 15) is 12.8 Å². The van der Waals surface area contributed by atoms with Crippen LogP contribution in [0.4, 0.5) is 15.9 Å². The Morgan fingerprint density at radius 1 is 1.30 bits per heavy atom. The van der Waals surface area contributed by atoms with Gasteiger partial charge in [-0.15, -0.1) is 0 Å². The molecule has 1 aromatic heterocycles. The highest BCUT2D eigenvalue weighted by Gasteiger charge is 2.22. The maximum absolute atomic E-state index is 13.2. The fourth-order valence-electron chi connectivity index (χ4n) is 1.62. The molecule has 0 aliphatic carbocycles. The summed E-state index contributed by atoms with van der Waals surface area (Å²) in [7, 11) is -2.46. The number of hydrogen-bond acceptors (Lipinski definition) is 5. The number of pyridine rings is 1. The smallest absolute Gasteiger partial charge is 0.264 e. The molecule has 0 bridgehead atoms. The zero-order valence-corrected chi connectivity index (χ0v) is 11.4. The third-order valence-corrected chi connectivity index (χ3v) is 4.49. The maximum Gasteiger partial charge on any atom is 0.264 e. The summed E-state index contributed by atoms with van der Waals surface area (Å²) in [5, 5.41) is 0. The van der Waals surface area contributed by atoms with E-state index in [2.05, 4.69) is 10.4 Å². The number of hydrazine groups is 1. The maximum atomic E-state index is 13.2. The summed E-state index contributed by atoms with van der Waals surface area (Å²) in [4.78, 5) is 3.85. The van der Waals surface area contributed by atoms with Gasteiger partial charge in [-0.3, -0.25) is 4.31 Å². The van der Waals surface area contributed by atoms with Crippen molar-refractivity contribution in [1.82, 2.24) is 4.98 Å². The highest BCUT2D eigenvalue weighted by Crippen LogP contribution is 2.23. The van der Waals surface area contributed by atoms with E-state index in [1.165, 1.54) is 43.6 Å². The van der Waals surface area contributed by atoms with Gasteiger partial charge in [0.15, 0.2) is 0 Å². The monoisotopic (exact) mass is 296 g/mol. The van der Waals surface area contributed by atoms with E-state index in [-0.39, 0.29) is 16.4 Å². The standard InChI is InChI=1S/C12H13FN4O2S/c1-17(10-4-2-3-9(13)7-10)20(18,19)11-5-6-15-12(8-11)16-14/h2-8H,14H2,1H3,(H,15,16). The first-order valence-corrected chi connectivity index (χ1v) is 7.06. The van der Waals surface area contributed by atoms with E-state index >= 15 is 0 Å². The van der Waals surface area contributed by atoms with Crippen LogP contribution >= 0.6 is 0 Å². The van der Waals surface area contributed by atoms with Crippen molar-refractivity contribution in [2.75, 3.05) is 16.8 Å². The highest BCUT2D eigenvalue weighted by molar-refractivity contribution is 7.92. The van der Waals surface area contributed by atoms with Gasteiger partial charge in [0.25, 0.3) is 10.0 Å². The summed E-state index contributed by atoms with van der Waals surface area (Å²) in [5.74, 6) is 4.91. The first-order valence-electron chi connectivity index (χ1n) is 5.62. The zero-order valence-electron chi connectivity index (χ0n) is 10.6. The summed E-state index contributed by atoms with van der Waals surface area (Å²) in [6.45, 7) is 0. The van der Waals surface area contributed by atoms with Crippen LogP contribution in [-0.4, -0.2) is 20.4 Å². The van der Waals surface area contributed by atoms with Crippen molar-refractivity contribution in [3.63, 3.8) is 0 Å². The van der Waals surface area contributed by atoms with Crippen molar-refractivity contribution >= 4 is 21.5 Å². The summed E-state index contributed by atoms with van der Waals surface area (Å²) in [6, 6.07) is 7.96. The van der Waals surface area contributed by atoms with E-state index in [0.717, 1.165) is 10.4 Å². The van der Waals surface area contributed by atoms with E-state index in [0.29, 0.717) is 0 Å². The van der Waals surface area contributed by atoms with Crippen LogP contribution in [0.25, 0.3) is 0 Å². The molecule has 1 heterocycles. The SMILES string of the molecule is CN(c1cccc(F)c1)S(=O)(=O)c1ccnc(NN)c1. The molecule has 2 aromatic rings. The molecule has 1 aromatic carbocycles. The van der Waals surface area contributed by atoms with Crippen LogP contribution in [0, 0.1) is 5.82 Å². The van der Waals surface area contributed by atoms with Crippen molar-refractivity contribution in [2.45, 2.75) is 4.90 Å². The minimum absolute atomic E-state index is 0.00668. The second kappa shape index (κ2) is 5.43. The van der Waals surface area contributed by atoms with Gasteiger partial charge >= 0.3 is 0 Å². The first-order chi connectivity index (χ1) is 9.45. The number of nitrogens with one attached hydrogen (secondary N) is 1. The average Bonchev–Trinajstić information content (AvgIpc) is 2.46. The van der Waals surface area contributed by atoms with Gasteiger partial charge in [0, 0.05) is 19.3 Å². The van der Waals surface area contributed by atoms with Crippen molar-refractivity contribution in [3.8, 4) is 0 Å². The average molecular weight is 296 g/mol. The molecule has 0 unspecified atom stereocenters. The fraction of sp³-hybridized carbons (Fsp3) is 0.0833. The highest BCUT2D eigenvalue weighted by atomic mass is 32.2. The molecule has 0 spiro atoms. The van der Waals surface area contributed by atoms with E-state index in [4.69, 9.17) is 5.84 Å². The van der Waals surface area contributed by atoms with Gasteiger partial charge in [0.1, 0.15) is 11.6 Å². The van der Waals surface area contributed by atoms with Crippen LogP contribution in [0.15, 0.2) is 47.5 Å². The first kappa shape index (κ1) is 14.2. The normalized spacial score (nSPS) is 11.2. The molecule has 0 aliphatic rings. The Labute approximate surface area is 116 Å². The quantitative estimate of drug-likeness (QED) is 0.656. The molecule has 3 N–H and O–H groups in total. The summed E-state index contributed by atoms with van der Waals surface area (Å²) >= 11 is 0. The molecule has 0 atom stereocenters. The van der Waals surface area contributed by atoms with E-state index < -0.39 is 15.8 Å². The lowest BCUT2D eigenvalue weighted by Crippen LogP contribution is -2.26. The molecule has 20 heavy (non-hydrogen) atoms. The van der Waals surface area contributed by atoms with E-state index in [1.807, 2.05) is 0 Å². The lowest BCUT2D eigenvalue weighted by Gasteiger charge is -2.19. The molecule has 0 aliphatic heterocycles. The molecular formula is C12H13FN4O2S. The summed E-state index contributed by atoms with van der Waals surface area (Å²) < 4.78 is 39.0. The van der Waals surface area contributed by atoms with Crippen molar-refractivity contribution in [1.29, 1.82) is 0 Å². The Kier molecular flexibility index (Phi) is 3.86. The van der Waals surface area contributed by atoms with Gasteiger partial charge in [-0.25, -0.2) is 23.6 Å². The second-order valence-corrected chi connectivity index (χ2v) is 5.94. The Bertz CT molecular complexity index is 721. The molecule has 6 nitrogen and oxygen atoms in total. The topological polar surface area (TPSA) is 88.3 Å². The van der Waals surface area contributed by atoms with Crippen molar-refractivity contribution < 1.29 is 12.8 Å². The largest absolute Gasteiger partial charge is 0.308 e. The Morgan fingerprint density at radius 3 is 2.70 bits per heavy atom. The molecule has 0 saturated carbocycles. The third kappa shape index (κ3) is 2.70. The molecule has 106 valence electrons. The fourth-order valence-corrected chi connectivity index (χ4v) is 2.82. The predicted molar refractivity (Wildman–Crippen MR) is 74.0 cm³/mol. The number of nitrogens with two attached hydrogens (primary N) is 1. The van der Waals surface area contributed by atoms with Crippen LogP contribution in [-0.2, 0) is 10.0 Å². The third-order valence-electron chi connectivity index (χ3n) is 2.71. The number of anilines is 2.